The Morgan fingerprint density at radius 1 is 1.31 bits per heavy atom. The van der Waals surface area contributed by atoms with Crippen molar-refractivity contribution in [2.75, 3.05) is 45.9 Å². The third-order valence-corrected chi connectivity index (χ3v) is 4.16. The molecule has 0 radical (unpaired) electrons. The Bertz CT molecular complexity index is 713. The van der Waals surface area contributed by atoms with E-state index in [1.807, 2.05) is 11.8 Å². The predicted molar refractivity (Wildman–Crippen MR) is 98.3 cm³/mol. The lowest BCUT2D eigenvalue weighted by atomic mass is 10.1. The van der Waals surface area contributed by atoms with Crippen LogP contribution in [0.25, 0.3) is 0 Å². The smallest absolute Gasteiger partial charge is 0.475 e. The molecule has 0 spiro atoms. The van der Waals surface area contributed by atoms with Crippen LogP contribution in [0.2, 0.25) is 0 Å². The summed E-state index contributed by atoms with van der Waals surface area (Å²) >= 11 is 0. The van der Waals surface area contributed by atoms with Crippen molar-refractivity contribution in [1.29, 1.82) is 5.26 Å². The van der Waals surface area contributed by atoms with Crippen LogP contribution >= 0.6 is 0 Å². The molecule has 0 bridgehead atoms. The standard InChI is InChI=1S/C17H23N3O2.C2HF3O2/c1-2-20(8-4-7-19-9-11-22-12-10-19)17(21)16-6-3-5-15(13-16)14-18;3-2(4,5)1(6)7/h3,5-6,13H,2,4,7-12H2,1H3;(H,6,7). The summed E-state index contributed by atoms with van der Waals surface area (Å²) < 4.78 is 37.1. The molecule has 1 aliphatic rings. The second kappa shape index (κ2) is 12.0. The minimum Gasteiger partial charge on any atom is -0.475 e. The molecule has 0 atom stereocenters. The van der Waals surface area contributed by atoms with Crippen molar-refractivity contribution < 1.29 is 32.6 Å². The van der Waals surface area contributed by atoms with E-state index in [-0.39, 0.29) is 5.91 Å². The molecule has 0 aliphatic carbocycles. The Kier molecular flexibility index (Phi) is 10.1. The molecule has 0 unspecified atom stereocenters. The van der Waals surface area contributed by atoms with Gasteiger partial charge in [0.2, 0.25) is 0 Å². The third-order valence-electron chi connectivity index (χ3n) is 4.16. The van der Waals surface area contributed by atoms with Crippen molar-refractivity contribution in [2.24, 2.45) is 0 Å². The fourth-order valence-corrected chi connectivity index (χ4v) is 2.62. The maximum Gasteiger partial charge on any atom is 0.490 e. The number of nitriles is 1. The van der Waals surface area contributed by atoms with Gasteiger partial charge in [0, 0.05) is 38.3 Å². The number of morpholine rings is 1. The molecule has 1 aliphatic heterocycles. The highest BCUT2D eigenvalue weighted by molar-refractivity contribution is 5.94. The number of hydrogen-bond acceptors (Lipinski definition) is 5. The summed E-state index contributed by atoms with van der Waals surface area (Å²) in [6, 6.07) is 8.98. The van der Waals surface area contributed by atoms with E-state index < -0.39 is 12.1 Å². The average Bonchev–Trinajstić information content (AvgIpc) is 2.71. The quantitative estimate of drug-likeness (QED) is 0.767. The van der Waals surface area contributed by atoms with Gasteiger partial charge in [-0.2, -0.15) is 18.4 Å². The molecule has 1 aromatic rings. The molecule has 1 fully saturated rings. The maximum atomic E-state index is 12.5. The van der Waals surface area contributed by atoms with Crippen molar-refractivity contribution in [2.45, 2.75) is 19.5 Å². The van der Waals surface area contributed by atoms with Gasteiger partial charge in [-0.3, -0.25) is 9.69 Å². The zero-order valence-corrected chi connectivity index (χ0v) is 16.1. The molecule has 0 aromatic heterocycles. The van der Waals surface area contributed by atoms with Gasteiger partial charge in [-0.05, 0) is 31.5 Å². The Labute approximate surface area is 167 Å². The van der Waals surface area contributed by atoms with Crippen molar-refractivity contribution in [1.82, 2.24) is 9.80 Å². The van der Waals surface area contributed by atoms with Crippen molar-refractivity contribution in [3.05, 3.63) is 35.4 Å². The molecule has 1 heterocycles. The number of carbonyl (C=O) groups excluding carboxylic acids is 1. The molecular formula is C19H24F3N3O4. The first-order chi connectivity index (χ1) is 13.7. The number of carbonyl (C=O) groups is 2. The first kappa shape index (κ1) is 24.4. The van der Waals surface area contributed by atoms with E-state index in [4.69, 9.17) is 19.9 Å². The third kappa shape index (κ3) is 8.93. The number of halogens is 3. The van der Waals surface area contributed by atoms with E-state index in [2.05, 4.69) is 11.0 Å². The van der Waals surface area contributed by atoms with Crippen molar-refractivity contribution >= 4 is 11.9 Å². The van der Waals surface area contributed by atoms with Crippen LogP contribution in [0.1, 0.15) is 29.3 Å². The highest BCUT2D eigenvalue weighted by atomic mass is 19.4. The van der Waals surface area contributed by atoms with Gasteiger partial charge in [-0.15, -0.1) is 0 Å². The number of carboxylic acids is 1. The first-order valence-electron chi connectivity index (χ1n) is 9.08. The summed E-state index contributed by atoms with van der Waals surface area (Å²) in [5.41, 5.74) is 1.11. The molecule has 1 saturated heterocycles. The predicted octanol–water partition coefficient (Wildman–Crippen LogP) is 2.38. The fourth-order valence-electron chi connectivity index (χ4n) is 2.62. The van der Waals surface area contributed by atoms with Crippen LogP contribution in [0.15, 0.2) is 24.3 Å². The van der Waals surface area contributed by atoms with Gasteiger partial charge >= 0.3 is 12.1 Å². The number of ether oxygens (including phenoxy) is 1. The highest BCUT2D eigenvalue weighted by Crippen LogP contribution is 2.13. The molecule has 160 valence electrons. The highest BCUT2D eigenvalue weighted by Gasteiger charge is 2.38. The molecular weight excluding hydrogens is 391 g/mol. The van der Waals surface area contributed by atoms with Gasteiger partial charge in [-0.1, -0.05) is 6.07 Å². The van der Waals surface area contributed by atoms with E-state index in [1.54, 1.807) is 24.3 Å². The van der Waals surface area contributed by atoms with Crippen LogP contribution in [0.5, 0.6) is 0 Å². The SMILES string of the molecule is CCN(CCCN1CCOCC1)C(=O)c1cccc(C#N)c1.O=C(O)C(F)(F)F. The zero-order chi connectivity index (χ0) is 21.9. The monoisotopic (exact) mass is 415 g/mol. The van der Waals surface area contributed by atoms with Crippen LogP contribution in [-0.2, 0) is 9.53 Å². The molecule has 1 aromatic carbocycles. The number of carboxylic acid groups (broad SMARTS) is 1. The number of aliphatic carboxylic acids is 1. The summed E-state index contributed by atoms with van der Waals surface area (Å²) in [5, 5.41) is 16.1. The topological polar surface area (TPSA) is 93.9 Å². The van der Waals surface area contributed by atoms with E-state index in [0.717, 1.165) is 45.8 Å². The van der Waals surface area contributed by atoms with Crippen LogP contribution < -0.4 is 0 Å². The molecule has 0 saturated carbocycles. The summed E-state index contributed by atoms with van der Waals surface area (Å²) in [7, 11) is 0. The Morgan fingerprint density at radius 3 is 2.45 bits per heavy atom. The minimum atomic E-state index is -5.08. The lowest BCUT2D eigenvalue weighted by Gasteiger charge is -2.28. The van der Waals surface area contributed by atoms with Crippen molar-refractivity contribution in [3.8, 4) is 6.07 Å². The molecule has 1 amide bonds. The van der Waals surface area contributed by atoms with Crippen LogP contribution in [0, 0.1) is 11.3 Å². The summed E-state index contributed by atoms with van der Waals surface area (Å²) in [4.78, 5) is 25.6. The minimum absolute atomic E-state index is 0.00146. The van der Waals surface area contributed by atoms with Gasteiger partial charge in [0.25, 0.3) is 5.91 Å². The van der Waals surface area contributed by atoms with Gasteiger partial charge < -0.3 is 14.7 Å². The molecule has 7 nitrogen and oxygen atoms in total. The van der Waals surface area contributed by atoms with E-state index in [9.17, 15) is 18.0 Å². The fraction of sp³-hybridized carbons (Fsp3) is 0.526. The molecule has 29 heavy (non-hydrogen) atoms. The maximum absolute atomic E-state index is 12.5. The zero-order valence-electron chi connectivity index (χ0n) is 16.1. The van der Waals surface area contributed by atoms with Gasteiger partial charge in [0.15, 0.2) is 0 Å². The number of benzene rings is 1. The summed E-state index contributed by atoms with van der Waals surface area (Å²) in [6.07, 6.45) is -4.13. The summed E-state index contributed by atoms with van der Waals surface area (Å²) in [6.45, 7) is 7.96. The van der Waals surface area contributed by atoms with E-state index >= 15 is 0 Å². The molecule has 2 rings (SSSR count). The Morgan fingerprint density at radius 2 is 1.93 bits per heavy atom. The van der Waals surface area contributed by atoms with Gasteiger partial charge in [-0.25, -0.2) is 4.79 Å². The van der Waals surface area contributed by atoms with Crippen LogP contribution in [-0.4, -0.2) is 78.9 Å². The number of rotatable bonds is 6. The summed E-state index contributed by atoms with van der Waals surface area (Å²) in [5.74, 6) is -2.76. The van der Waals surface area contributed by atoms with E-state index in [1.165, 1.54) is 0 Å². The first-order valence-corrected chi connectivity index (χ1v) is 9.08. The molecule has 1 N–H and O–H groups in total. The van der Waals surface area contributed by atoms with Crippen LogP contribution in [0.3, 0.4) is 0 Å². The lowest BCUT2D eigenvalue weighted by molar-refractivity contribution is -0.192. The number of hydrogen-bond donors (Lipinski definition) is 1. The van der Waals surface area contributed by atoms with E-state index in [0.29, 0.717) is 17.7 Å². The number of nitrogens with zero attached hydrogens (tertiary/aromatic N) is 3. The van der Waals surface area contributed by atoms with Crippen molar-refractivity contribution in [3.63, 3.8) is 0 Å². The number of alkyl halides is 3. The lowest BCUT2D eigenvalue weighted by Crippen LogP contribution is -2.39. The van der Waals surface area contributed by atoms with Crippen LogP contribution in [0.4, 0.5) is 13.2 Å². The van der Waals surface area contributed by atoms with Gasteiger partial charge in [0.05, 0.1) is 24.8 Å². The second-order valence-electron chi connectivity index (χ2n) is 6.19. The Balaban J connectivity index is 0.000000516. The second-order valence-corrected chi connectivity index (χ2v) is 6.19. The average molecular weight is 415 g/mol. The van der Waals surface area contributed by atoms with Gasteiger partial charge in [0.1, 0.15) is 0 Å². The Hall–Kier alpha value is -2.64. The largest absolute Gasteiger partial charge is 0.490 e. The number of amides is 1. The molecule has 10 heteroatoms. The normalized spacial score (nSPS) is 14.3.